The third-order valence-corrected chi connectivity index (χ3v) is 6.67. The van der Waals surface area contributed by atoms with E-state index in [1.807, 2.05) is 24.3 Å². The van der Waals surface area contributed by atoms with Crippen molar-refractivity contribution in [3.8, 4) is 5.75 Å². The molecule has 3 aromatic carbocycles. The van der Waals surface area contributed by atoms with E-state index in [9.17, 15) is 10.3 Å². The second kappa shape index (κ2) is 13.4. The molecular formula is C29H30N8O4. The molecule has 41 heavy (non-hydrogen) atoms. The molecule has 12 heteroatoms. The molecule has 0 bridgehead atoms. The van der Waals surface area contributed by atoms with Crippen LogP contribution in [0.3, 0.4) is 0 Å². The Morgan fingerprint density at radius 3 is 2.44 bits per heavy atom. The zero-order valence-corrected chi connectivity index (χ0v) is 22.8. The molecule has 210 valence electrons. The number of carbonyl (C=O) groups is 1. The number of rotatable bonds is 12. The van der Waals surface area contributed by atoms with E-state index in [1.165, 1.54) is 4.90 Å². The summed E-state index contributed by atoms with van der Waals surface area (Å²) in [7, 11) is 3.30. The number of carbonyl (C=O) groups excluding carboxylic acids is 1. The number of ether oxygens (including phenoxy) is 2. The summed E-state index contributed by atoms with van der Waals surface area (Å²) in [5.41, 5.74) is 19.7. The van der Waals surface area contributed by atoms with Gasteiger partial charge in [0, 0.05) is 60.2 Å². The van der Waals surface area contributed by atoms with Crippen LogP contribution < -0.4 is 4.74 Å². The predicted octanol–water partition coefficient (Wildman–Crippen LogP) is 5.79. The number of amides is 1. The maximum Gasteiger partial charge on any atom is 0.254 e. The van der Waals surface area contributed by atoms with E-state index >= 15 is 0 Å². The second-order valence-electron chi connectivity index (χ2n) is 9.57. The van der Waals surface area contributed by atoms with E-state index in [-0.39, 0.29) is 31.4 Å². The minimum Gasteiger partial charge on any atom is -0.494 e. The zero-order chi connectivity index (χ0) is 29.2. The van der Waals surface area contributed by atoms with Crippen LogP contribution in [-0.4, -0.2) is 54.7 Å². The highest BCUT2D eigenvalue weighted by Gasteiger charge is 2.54. The van der Waals surface area contributed by atoms with Gasteiger partial charge in [0.05, 0.1) is 13.2 Å². The number of aliphatic hydroxyl groups is 1. The standard InChI is InChI=1S/C29H30N8O4/c1-37(2)28(39)29(18-21-8-3-4-9-22(21)19-32-35-30)26(24-10-5-6-11-25(24)34-36-31)41-27(33-29)20-12-14-23(15-13-20)40-17-7-16-38/h3-6,8-15,26,38H,7,16-19H2,1-2H3/t26-,29-/m0/s1. The summed E-state index contributed by atoms with van der Waals surface area (Å²) >= 11 is 0. The molecule has 1 N–H and O–H groups in total. The maximum absolute atomic E-state index is 14.1. The number of hydrogen-bond acceptors (Lipinski definition) is 7. The average molecular weight is 555 g/mol. The number of hydrogen-bond donors (Lipinski definition) is 1. The Morgan fingerprint density at radius 1 is 1.05 bits per heavy atom. The molecule has 0 radical (unpaired) electrons. The highest BCUT2D eigenvalue weighted by Crippen LogP contribution is 2.46. The van der Waals surface area contributed by atoms with Crippen molar-refractivity contribution in [2.24, 2.45) is 15.2 Å². The normalized spacial score (nSPS) is 17.4. The Kier molecular flexibility index (Phi) is 9.44. The summed E-state index contributed by atoms with van der Waals surface area (Å²) < 4.78 is 12.2. The van der Waals surface area contributed by atoms with Gasteiger partial charge in [-0.2, -0.15) is 0 Å². The van der Waals surface area contributed by atoms with Crippen LogP contribution in [0.25, 0.3) is 20.9 Å². The number of aliphatic hydroxyl groups excluding tert-OH is 1. The number of azide groups is 2. The number of nitrogens with zero attached hydrogens (tertiary/aromatic N) is 8. The first-order chi connectivity index (χ1) is 19.9. The summed E-state index contributed by atoms with van der Waals surface area (Å²) in [5.74, 6) is 0.555. The van der Waals surface area contributed by atoms with Crippen molar-refractivity contribution in [2.75, 3.05) is 27.3 Å². The molecule has 12 nitrogen and oxygen atoms in total. The Balaban J connectivity index is 1.87. The van der Waals surface area contributed by atoms with Crippen LogP contribution in [0, 0.1) is 0 Å². The monoisotopic (exact) mass is 554 g/mol. The molecule has 1 heterocycles. The summed E-state index contributed by atoms with van der Waals surface area (Å²) in [4.78, 5) is 26.5. The van der Waals surface area contributed by atoms with Gasteiger partial charge in [-0.3, -0.25) is 4.79 Å². The van der Waals surface area contributed by atoms with Crippen LogP contribution in [-0.2, 0) is 22.5 Å². The lowest BCUT2D eigenvalue weighted by Crippen LogP contribution is -2.49. The van der Waals surface area contributed by atoms with Gasteiger partial charge in [0.25, 0.3) is 5.91 Å². The van der Waals surface area contributed by atoms with Gasteiger partial charge in [-0.15, -0.1) is 0 Å². The third-order valence-electron chi connectivity index (χ3n) is 6.67. The quantitative estimate of drug-likeness (QED) is 0.129. The van der Waals surface area contributed by atoms with Crippen LogP contribution >= 0.6 is 0 Å². The predicted molar refractivity (Wildman–Crippen MR) is 154 cm³/mol. The van der Waals surface area contributed by atoms with Crippen molar-refractivity contribution in [3.05, 3.63) is 116 Å². The number of likely N-dealkylation sites (N-methyl/N-ethyl adjacent to an activating group) is 1. The van der Waals surface area contributed by atoms with Crippen LogP contribution in [0.2, 0.25) is 0 Å². The highest BCUT2D eigenvalue weighted by atomic mass is 16.5. The van der Waals surface area contributed by atoms with E-state index in [1.54, 1.807) is 62.6 Å². The smallest absolute Gasteiger partial charge is 0.254 e. The largest absolute Gasteiger partial charge is 0.494 e. The molecule has 4 rings (SSSR count). The molecule has 0 fully saturated rings. The van der Waals surface area contributed by atoms with Crippen molar-refractivity contribution in [1.29, 1.82) is 0 Å². The molecule has 0 aliphatic carbocycles. The number of aliphatic imine (C=N–C) groups is 1. The molecular weight excluding hydrogens is 524 g/mol. The van der Waals surface area contributed by atoms with Gasteiger partial charge in [0.15, 0.2) is 11.6 Å². The molecule has 0 aromatic heterocycles. The topological polar surface area (TPSA) is 169 Å². The fourth-order valence-corrected chi connectivity index (χ4v) is 4.76. The average Bonchev–Trinajstić information content (AvgIpc) is 3.37. The van der Waals surface area contributed by atoms with Crippen molar-refractivity contribution < 1.29 is 19.4 Å². The lowest BCUT2D eigenvalue weighted by Gasteiger charge is -2.33. The van der Waals surface area contributed by atoms with E-state index in [0.717, 1.165) is 11.1 Å². The van der Waals surface area contributed by atoms with Crippen LogP contribution in [0.4, 0.5) is 5.69 Å². The first-order valence-corrected chi connectivity index (χ1v) is 13.0. The summed E-state index contributed by atoms with van der Waals surface area (Å²) in [5, 5.41) is 16.6. The molecule has 1 amide bonds. The van der Waals surface area contributed by atoms with Crippen molar-refractivity contribution in [1.82, 2.24) is 4.90 Å². The van der Waals surface area contributed by atoms with Crippen LogP contribution in [0.5, 0.6) is 5.75 Å². The Labute approximate surface area is 237 Å². The number of benzene rings is 3. The van der Waals surface area contributed by atoms with Crippen molar-refractivity contribution in [2.45, 2.75) is 31.0 Å². The minimum absolute atomic E-state index is 0.0371. The summed E-state index contributed by atoms with van der Waals surface area (Å²) in [6.45, 7) is 0.519. The molecule has 0 saturated carbocycles. The molecule has 0 saturated heterocycles. The van der Waals surface area contributed by atoms with Gasteiger partial charge < -0.3 is 19.5 Å². The van der Waals surface area contributed by atoms with E-state index in [2.05, 4.69) is 20.1 Å². The van der Waals surface area contributed by atoms with Crippen molar-refractivity contribution >= 4 is 17.5 Å². The Morgan fingerprint density at radius 2 is 1.76 bits per heavy atom. The van der Waals surface area contributed by atoms with E-state index < -0.39 is 11.6 Å². The molecule has 0 spiro atoms. The lowest BCUT2D eigenvalue weighted by atomic mass is 9.80. The molecule has 2 atom stereocenters. The van der Waals surface area contributed by atoms with E-state index in [4.69, 9.17) is 25.1 Å². The SMILES string of the molecule is CN(C)C(=O)[C@@]1(Cc2ccccc2CN=[N+]=[N-])N=C(c2ccc(OCCCO)cc2)O[C@H]1c1ccccc1N=[N+]=[N-]. The molecule has 1 aliphatic heterocycles. The molecule has 3 aromatic rings. The van der Waals surface area contributed by atoms with Crippen molar-refractivity contribution in [3.63, 3.8) is 0 Å². The van der Waals surface area contributed by atoms with Gasteiger partial charge in [0.2, 0.25) is 5.90 Å². The Hall–Kier alpha value is -5.02. The molecule has 1 aliphatic rings. The fourth-order valence-electron chi connectivity index (χ4n) is 4.76. The third kappa shape index (κ3) is 6.42. The second-order valence-corrected chi connectivity index (χ2v) is 9.57. The minimum atomic E-state index is -1.48. The summed E-state index contributed by atoms with van der Waals surface area (Å²) in [6, 6.07) is 21.5. The first kappa shape index (κ1) is 29.0. The van der Waals surface area contributed by atoms with Gasteiger partial charge in [-0.05, 0) is 46.5 Å². The summed E-state index contributed by atoms with van der Waals surface area (Å²) in [6.07, 6.45) is -0.301. The van der Waals surface area contributed by atoms with Gasteiger partial charge >= 0.3 is 0 Å². The Bertz CT molecular complexity index is 1510. The lowest BCUT2D eigenvalue weighted by molar-refractivity contribution is -0.137. The van der Waals surface area contributed by atoms with Crippen LogP contribution in [0.15, 0.2) is 88.0 Å². The molecule has 0 unspecified atom stereocenters. The maximum atomic E-state index is 14.1. The van der Waals surface area contributed by atoms with Gasteiger partial charge in [-0.25, -0.2) is 4.99 Å². The fraction of sp³-hybridized carbons (Fsp3) is 0.310. The highest BCUT2D eigenvalue weighted by molar-refractivity contribution is 6.01. The first-order valence-electron chi connectivity index (χ1n) is 13.0. The van der Waals surface area contributed by atoms with Gasteiger partial charge in [0.1, 0.15) is 5.75 Å². The van der Waals surface area contributed by atoms with Crippen LogP contribution in [0.1, 0.15) is 34.8 Å². The zero-order valence-electron chi connectivity index (χ0n) is 22.8. The van der Waals surface area contributed by atoms with E-state index in [0.29, 0.717) is 35.6 Å². The van der Waals surface area contributed by atoms with Gasteiger partial charge in [-0.1, -0.05) is 58.8 Å².